The molecule has 6 heteroatoms. The SMILES string of the molecule is Cn1cncc1CNc1cnnn1C. The summed E-state index contributed by atoms with van der Waals surface area (Å²) in [5, 5.41) is 10.8. The van der Waals surface area contributed by atoms with Gasteiger partial charge in [-0.05, 0) is 0 Å². The average molecular weight is 192 g/mol. The molecule has 0 saturated heterocycles. The second-order valence-electron chi connectivity index (χ2n) is 3.09. The van der Waals surface area contributed by atoms with E-state index >= 15 is 0 Å². The highest BCUT2D eigenvalue weighted by Gasteiger charge is 2.00. The van der Waals surface area contributed by atoms with Crippen LogP contribution in [0.4, 0.5) is 5.82 Å². The molecular weight excluding hydrogens is 180 g/mol. The van der Waals surface area contributed by atoms with Crippen molar-refractivity contribution in [3.8, 4) is 0 Å². The van der Waals surface area contributed by atoms with Crippen molar-refractivity contribution in [1.82, 2.24) is 24.5 Å². The van der Waals surface area contributed by atoms with Crippen LogP contribution in [0.25, 0.3) is 0 Å². The second-order valence-corrected chi connectivity index (χ2v) is 3.09. The molecule has 2 heterocycles. The van der Waals surface area contributed by atoms with Crippen molar-refractivity contribution in [2.45, 2.75) is 6.54 Å². The summed E-state index contributed by atoms with van der Waals surface area (Å²) in [6.45, 7) is 0.720. The Balaban J connectivity index is 2.02. The molecule has 0 aromatic carbocycles. The van der Waals surface area contributed by atoms with Crippen LogP contribution in [0, 0.1) is 0 Å². The molecule has 0 aliphatic heterocycles. The van der Waals surface area contributed by atoms with Crippen molar-refractivity contribution >= 4 is 5.82 Å². The number of hydrogen-bond donors (Lipinski definition) is 1. The lowest BCUT2D eigenvalue weighted by Crippen LogP contribution is -2.07. The van der Waals surface area contributed by atoms with E-state index in [9.17, 15) is 0 Å². The quantitative estimate of drug-likeness (QED) is 0.752. The molecule has 6 nitrogen and oxygen atoms in total. The van der Waals surface area contributed by atoms with Crippen LogP contribution in [0.3, 0.4) is 0 Å². The summed E-state index contributed by atoms with van der Waals surface area (Å²) in [4.78, 5) is 4.03. The molecule has 0 spiro atoms. The van der Waals surface area contributed by atoms with E-state index in [1.807, 2.05) is 24.9 Å². The third kappa shape index (κ3) is 1.59. The number of rotatable bonds is 3. The van der Waals surface area contributed by atoms with Crippen molar-refractivity contribution in [3.05, 3.63) is 24.4 Å². The Labute approximate surface area is 81.6 Å². The monoisotopic (exact) mass is 192 g/mol. The van der Waals surface area contributed by atoms with Crippen LogP contribution in [0.15, 0.2) is 18.7 Å². The molecule has 0 bridgehead atoms. The van der Waals surface area contributed by atoms with Crippen molar-refractivity contribution in [2.24, 2.45) is 14.1 Å². The zero-order chi connectivity index (χ0) is 9.97. The van der Waals surface area contributed by atoms with Gasteiger partial charge in [-0.2, -0.15) is 0 Å². The summed E-state index contributed by atoms with van der Waals surface area (Å²) in [7, 11) is 3.81. The van der Waals surface area contributed by atoms with Gasteiger partial charge in [0.1, 0.15) is 5.82 Å². The van der Waals surface area contributed by atoms with E-state index in [0.29, 0.717) is 0 Å². The van der Waals surface area contributed by atoms with Crippen LogP contribution in [0.5, 0.6) is 0 Å². The smallest absolute Gasteiger partial charge is 0.144 e. The number of imidazole rings is 1. The summed E-state index contributed by atoms with van der Waals surface area (Å²) < 4.78 is 3.66. The van der Waals surface area contributed by atoms with E-state index in [4.69, 9.17) is 0 Å². The number of nitrogens with zero attached hydrogens (tertiary/aromatic N) is 5. The molecule has 14 heavy (non-hydrogen) atoms. The Kier molecular flexibility index (Phi) is 2.18. The Bertz CT molecular complexity index is 375. The van der Waals surface area contributed by atoms with Gasteiger partial charge in [-0.15, -0.1) is 5.10 Å². The summed E-state index contributed by atoms with van der Waals surface area (Å²) in [5.74, 6) is 0.895. The number of aromatic nitrogens is 5. The number of aryl methyl sites for hydroxylation is 2. The fourth-order valence-corrected chi connectivity index (χ4v) is 1.19. The van der Waals surface area contributed by atoms with Crippen LogP contribution >= 0.6 is 0 Å². The first-order chi connectivity index (χ1) is 6.77. The van der Waals surface area contributed by atoms with Crippen molar-refractivity contribution < 1.29 is 0 Å². The van der Waals surface area contributed by atoms with Gasteiger partial charge in [0.15, 0.2) is 0 Å². The third-order valence-corrected chi connectivity index (χ3v) is 2.08. The molecule has 0 aliphatic rings. The number of anilines is 1. The molecule has 2 aromatic rings. The van der Waals surface area contributed by atoms with Gasteiger partial charge in [0.05, 0.1) is 24.8 Å². The zero-order valence-corrected chi connectivity index (χ0v) is 8.18. The maximum absolute atomic E-state index is 4.03. The van der Waals surface area contributed by atoms with E-state index in [-0.39, 0.29) is 0 Å². The van der Waals surface area contributed by atoms with E-state index < -0.39 is 0 Å². The first-order valence-electron chi connectivity index (χ1n) is 4.31. The van der Waals surface area contributed by atoms with Crippen molar-refractivity contribution in [1.29, 1.82) is 0 Å². The van der Waals surface area contributed by atoms with Crippen LogP contribution < -0.4 is 5.32 Å². The van der Waals surface area contributed by atoms with Crippen LogP contribution in [0.2, 0.25) is 0 Å². The fraction of sp³-hybridized carbons (Fsp3) is 0.375. The predicted molar refractivity (Wildman–Crippen MR) is 51.5 cm³/mol. The van der Waals surface area contributed by atoms with Gasteiger partial charge in [-0.25, -0.2) is 9.67 Å². The summed E-state index contributed by atoms with van der Waals surface area (Å²) >= 11 is 0. The Morgan fingerprint density at radius 1 is 1.36 bits per heavy atom. The van der Waals surface area contributed by atoms with Crippen LogP contribution in [-0.4, -0.2) is 24.5 Å². The lowest BCUT2D eigenvalue weighted by Gasteiger charge is -2.05. The van der Waals surface area contributed by atoms with E-state index in [1.54, 1.807) is 17.2 Å². The molecule has 0 unspecified atom stereocenters. The molecule has 2 aromatic heterocycles. The molecule has 74 valence electrons. The summed E-state index contributed by atoms with van der Waals surface area (Å²) in [5.41, 5.74) is 1.12. The van der Waals surface area contributed by atoms with Crippen LogP contribution in [-0.2, 0) is 20.6 Å². The Hall–Kier alpha value is -1.85. The molecule has 1 N–H and O–H groups in total. The van der Waals surface area contributed by atoms with Gasteiger partial charge in [0, 0.05) is 20.3 Å². The lowest BCUT2D eigenvalue weighted by atomic mass is 10.4. The lowest BCUT2D eigenvalue weighted by molar-refractivity contribution is 0.714. The van der Waals surface area contributed by atoms with Crippen LogP contribution in [0.1, 0.15) is 5.69 Å². The molecule has 2 rings (SSSR count). The van der Waals surface area contributed by atoms with Gasteiger partial charge >= 0.3 is 0 Å². The highest BCUT2D eigenvalue weighted by Crippen LogP contribution is 2.04. The van der Waals surface area contributed by atoms with Crippen molar-refractivity contribution in [2.75, 3.05) is 5.32 Å². The first-order valence-corrected chi connectivity index (χ1v) is 4.31. The van der Waals surface area contributed by atoms with Gasteiger partial charge < -0.3 is 9.88 Å². The molecule has 0 saturated carbocycles. The molecule has 0 aliphatic carbocycles. The maximum atomic E-state index is 4.03. The Morgan fingerprint density at radius 2 is 2.21 bits per heavy atom. The minimum Gasteiger partial charge on any atom is -0.363 e. The maximum Gasteiger partial charge on any atom is 0.144 e. The van der Waals surface area contributed by atoms with Gasteiger partial charge in [-0.3, -0.25) is 0 Å². The van der Waals surface area contributed by atoms with Gasteiger partial charge in [-0.1, -0.05) is 5.21 Å². The number of hydrogen-bond acceptors (Lipinski definition) is 4. The van der Waals surface area contributed by atoms with E-state index in [1.165, 1.54) is 0 Å². The normalized spacial score (nSPS) is 10.4. The minimum absolute atomic E-state index is 0.720. The minimum atomic E-state index is 0.720. The van der Waals surface area contributed by atoms with Gasteiger partial charge in [0.2, 0.25) is 0 Å². The highest BCUT2D eigenvalue weighted by atomic mass is 15.4. The van der Waals surface area contributed by atoms with E-state index in [2.05, 4.69) is 20.6 Å². The fourth-order valence-electron chi connectivity index (χ4n) is 1.19. The van der Waals surface area contributed by atoms with Gasteiger partial charge in [0.25, 0.3) is 0 Å². The standard InChI is InChI=1S/C8H12N6/c1-13-6-9-3-7(13)4-10-8-5-11-12-14(8)2/h3,5-6,10H,4H2,1-2H3. The molecule has 0 amide bonds. The zero-order valence-electron chi connectivity index (χ0n) is 8.18. The summed E-state index contributed by atoms with van der Waals surface area (Å²) in [6, 6.07) is 0. The van der Waals surface area contributed by atoms with Crippen molar-refractivity contribution in [3.63, 3.8) is 0 Å². The third-order valence-electron chi connectivity index (χ3n) is 2.08. The predicted octanol–water partition coefficient (Wildman–Crippen LogP) is 0.161. The first kappa shape index (κ1) is 8.74. The largest absolute Gasteiger partial charge is 0.363 e. The molecule has 0 fully saturated rings. The second kappa shape index (κ2) is 3.49. The highest BCUT2D eigenvalue weighted by molar-refractivity contribution is 5.31. The van der Waals surface area contributed by atoms with E-state index in [0.717, 1.165) is 18.1 Å². The molecule has 0 radical (unpaired) electrons. The summed E-state index contributed by atoms with van der Waals surface area (Å²) in [6.07, 6.45) is 5.30. The average Bonchev–Trinajstić information content (AvgIpc) is 2.72. The molecular formula is C8H12N6. The molecule has 0 atom stereocenters. The topological polar surface area (TPSA) is 60.6 Å². The number of nitrogens with one attached hydrogen (secondary N) is 1. The Morgan fingerprint density at radius 3 is 2.79 bits per heavy atom.